The molecule has 0 bridgehead atoms. The lowest BCUT2D eigenvalue weighted by atomic mass is 9.75. The molecule has 0 heterocycles. The second-order valence-corrected chi connectivity index (χ2v) is 11.8. The predicted octanol–water partition coefficient (Wildman–Crippen LogP) is 8.43. The summed E-state index contributed by atoms with van der Waals surface area (Å²) >= 11 is 0. The van der Waals surface area contributed by atoms with Crippen LogP contribution in [0.1, 0.15) is 80.9 Å². The molecular formula is C34H39FO4. The highest BCUT2D eigenvalue weighted by Gasteiger charge is 2.37. The molecule has 2 saturated carbocycles. The molecular weight excluding hydrogens is 491 g/mol. The van der Waals surface area contributed by atoms with E-state index < -0.39 is 0 Å². The molecule has 4 nitrogen and oxygen atoms in total. The van der Waals surface area contributed by atoms with Crippen LogP contribution in [0.5, 0.6) is 11.5 Å². The van der Waals surface area contributed by atoms with Crippen molar-refractivity contribution in [1.29, 1.82) is 0 Å². The topological polar surface area (TPSA) is 44.8 Å². The molecule has 2 aliphatic rings. The number of carbonyl (C=O) groups is 1. The van der Waals surface area contributed by atoms with Gasteiger partial charge in [-0.2, -0.15) is 0 Å². The Morgan fingerprint density at radius 1 is 0.974 bits per heavy atom. The summed E-state index contributed by atoms with van der Waals surface area (Å²) in [5.74, 6) is 2.04. The van der Waals surface area contributed by atoms with Gasteiger partial charge in [0.2, 0.25) is 0 Å². The van der Waals surface area contributed by atoms with E-state index in [0.29, 0.717) is 36.2 Å². The highest BCUT2D eigenvalue weighted by molar-refractivity contribution is 5.71. The largest absolute Gasteiger partial charge is 0.497 e. The van der Waals surface area contributed by atoms with Gasteiger partial charge in [-0.3, -0.25) is 4.79 Å². The van der Waals surface area contributed by atoms with Crippen molar-refractivity contribution in [1.82, 2.24) is 0 Å². The normalized spacial score (nSPS) is 18.9. The Labute approximate surface area is 231 Å². The van der Waals surface area contributed by atoms with Crippen LogP contribution < -0.4 is 9.47 Å². The second-order valence-electron chi connectivity index (χ2n) is 11.8. The third kappa shape index (κ3) is 6.13. The standard InChI is InChI=1S/C34H39FO4/c1-34(2)16-6-9-31(34)29-17-22(10-14-27(29)30-19-25(37-3)13-15-32(30)35)21-39-26-8-5-7-24(18-26)28(23-11-12-23)20-33(36)38-4/h5,7-8,10,13-15,17-19,23,28,31H,6,9,11-12,16,20-21H2,1-4H3/t28-,31+/m0/s1. The van der Waals surface area contributed by atoms with Crippen LogP contribution in [0, 0.1) is 17.2 Å². The Kier molecular flexibility index (Phi) is 7.97. The molecule has 39 heavy (non-hydrogen) atoms. The van der Waals surface area contributed by atoms with E-state index in [0.717, 1.165) is 48.1 Å². The van der Waals surface area contributed by atoms with E-state index in [2.05, 4.69) is 32.0 Å². The van der Waals surface area contributed by atoms with Gasteiger partial charge in [-0.15, -0.1) is 0 Å². The quantitative estimate of drug-likeness (QED) is 0.247. The van der Waals surface area contributed by atoms with Crippen molar-refractivity contribution in [2.24, 2.45) is 11.3 Å². The molecule has 0 aromatic heterocycles. The number of halogens is 1. The molecule has 2 fully saturated rings. The maximum Gasteiger partial charge on any atom is 0.306 e. The summed E-state index contributed by atoms with van der Waals surface area (Å²) in [7, 11) is 3.05. The average molecular weight is 531 g/mol. The molecule has 0 saturated heterocycles. The maximum atomic E-state index is 15.1. The Balaban J connectivity index is 1.42. The zero-order chi connectivity index (χ0) is 27.6. The number of rotatable bonds is 10. The molecule has 0 radical (unpaired) electrons. The van der Waals surface area contributed by atoms with Crippen LogP contribution in [0.2, 0.25) is 0 Å². The lowest BCUT2D eigenvalue weighted by Gasteiger charge is -2.30. The van der Waals surface area contributed by atoms with Gasteiger partial charge in [0.1, 0.15) is 23.9 Å². The van der Waals surface area contributed by atoms with Gasteiger partial charge < -0.3 is 14.2 Å². The highest BCUT2D eigenvalue weighted by Crippen LogP contribution is 2.51. The van der Waals surface area contributed by atoms with Crippen molar-refractivity contribution in [3.63, 3.8) is 0 Å². The van der Waals surface area contributed by atoms with E-state index in [-0.39, 0.29) is 23.1 Å². The molecule has 0 spiro atoms. The predicted molar refractivity (Wildman–Crippen MR) is 152 cm³/mol. The van der Waals surface area contributed by atoms with Crippen LogP contribution in [0.3, 0.4) is 0 Å². The molecule has 0 aliphatic heterocycles. The molecule has 2 aliphatic carbocycles. The summed E-state index contributed by atoms with van der Waals surface area (Å²) in [6.45, 7) is 5.04. The molecule has 206 valence electrons. The van der Waals surface area contributed by atoms with Crippen LogP contribution in [-0.4, -0.2) is 20.2 Å². The average Bonchev–Trinajstić information content (AvgIpc) is 3.72. The first-order chi connectivity index (χ1) is 18.8. The van der Waals surface area contributed by atoms with E-state index in [1.807, 2.05) is 24.3 Å². The lowest BCUT2D eigenvalue weighted by Crippen LogP contribution is -2.17. The van der Waals surface area contributed by atoms with Crippen LogP contribution >= 0.6 is 0 Å². The first-order valence-electron chi connectivity index (χ1n) is 14.1. The summed E-state index contributed by atoms with van der Waals surface area (Å²) in [6.07, 6.45) is 6.09. The Bertz CT molecular complexity index is 1330. The molecule has 5 rings (SSSR count). The fraction of sp³-hybridized carbons (Fsp3) is 0.441. The van der Waals surface area contributed by atoms with Crippen molar-refractivity contribution in [2.45, 2.75) is 70.8 Å². The van der Waals surface area contributed by atoms with E-state index in [1.165, 1.54) is 25.2 Å². The molecule has 5 heteroatoms. The van der Waals surface area contributed by atoms with Gasteiger partial charge >= 0.3 is 5.97 Å². The van der Waals surface area contributed by atoms with Crippen LogP contribution in [0.4, 0.5) is 4.39 Å². The minimum atomic E-state index is -0.245. The maximum absolute atomic E-state index is 15.1. The minimum Gasteiger partial charge on any atom is -0.497 e. The van der Waals surface area contributed by atoms with E-state index >= 15 is 4.39 Å². The zero-order valence-corrected chi connectivity index (χ0v) is 23.5. The van der Waals surface area contributed by atoms with Gasteiger partial charge in [0.25, 0.3) is 0 Å². The SMILES string of the molecule is COC(=O)C[C@H](c1cccc(OCc2ccc(-c3cc(OC)ccc3F)c([C@H]3CCCC3(C)C)c2)c1)C1CC1. The third-order valence-corrected chi connectivity index (χ3v) is 8.71. The van der Waals surface area contributed by atoms with Crippen molar-refractivity contribution in [2.75, 3.05) is 14.2 Å². The van der Waals surface area contributed by atoms with Gasteiger partial charge in [-0.1, -0.05) is 50.6 Å². The summed E-state index contributed by atoms with van der Waals surface area (Å²) in [6, 6.07) is 19.3. The van der Waals surface area contributed by atoms with E-state index in [9.17, 15) is 4.79 Å². The lowest BCUT2D eigenvalue weighted by molar-refractivity contribution is -0.141. The fourth-order valence-corrected chi connectivity index (χ4v) is 6.30. The summed E-state index contributed by atoms with van der Waals surface area (Å²) in [4.78, 5) is 12.0. The number of carbonyl (C=O) groups excluding carboxylic acids is 1. The summed E-state index contributed by atoms with van der Waals surface area (Å²) in [5.41, 5.74) is 4.98. The van der Waals surface area contributed by atoms with Crippen molar-refractivity contribution >= 4 is 5.97 Å². The highest BCUT2D eigenvalue weighted by atomic mass is 19.1. The molecule has 3 aromatic rings. The van der Waals surface area contributed by atoms with E-state index in [1.54, 1.807) is 19.2 Å². The second kappa shape index (κ2) is 11.4. The fourth-order valence-electron chi connectivity index (χ4n) is 6.30. The van der Waals surface area contributed by atoms with Crippen molar-refractivity contribution < 1.29 is 23.4 Å². The summed E-state index contributed by atoms with van der Waals surface area (Å²) < 4.78 is 31.7. The van der Waals surface area contributed by atoms with Crippen LogP contribution in [0.15, 0.2) is 60.7 Å². The van der Waals surface area contributed by atoms with Gasteiger partial charge in [0, 0.05) is 5.56 Å². The first-order valence-corrected chi connectivity index (χ1v) is 14.1. The molecule has 0 N–H and O–H groups in total. The van der Waals surface area contributed by atoms with E-state index in [4.69, 9.17) is 14.2 Å². The zero-order valence-electron chi connectivity index (χ0n) is 23.5. The number of benzene rings is 3. The van der Waals surface area contributed by atoms with Crippen LogP contribution in [-0.2, 0) is 16.1 Å². The monoisotopic (exact) mass is 530 g/mol. The number of hydrogen-bond acceptors (Lipinski definition) is 4. The number of ether oxygens (including phenoxy) is 3. The van der Waals surface area contributed by atoms with Crippen molar-refractivity contribution in [3.05, 3.63) is 83.2 Å². The minimum absolute atomic E-state index is 0.134. The Hall–Kier alpha value is -3.34. The van der Waals surface area contributed by atoms with Crippen LogP contribution in [0.25, 0.3) is 11.1 Å². The molecule has 0 unspecified atom stereocenters. The Morgan fingerprint density at radius 2 is 1.79 bits per heavy atom. The smallest absolute Gasteiger partial charge is 0.306 e. The molecule has 3 aromatic carbocycles. The number of methoxy groups -OCH3 is 2. The third-order valence-electron chi connectivity index (χ3n) is 8.71. The molecule has 2 atom stereocenters. The number of esters is 1. The molecule has 0 amide bonds. The van der Waals surface area contributed by atoms with Crippen molar-refractivity contribution in [3.8, 4) is 22.6 Å². The summed E-state index contributed by atoms with van der Waals surface area (Å²) in [5, 5.41) is 0. The Morgan fingerprint density at radius 3 is 2.49 bits per heavy atom. The van der Waals surface area contributed by atoms with Gasteiger partial charge in [-0.25, -0.2) is 4.39 Å². The van der Waals surface area contributed by atoms with Gasteiger partial charge in [0.15, 0.2) is 0 Å². The van der Waals surface area contributed by atoms with Gasteiger partial charge in [-0.05, 0) is 101 Å². The first kappa shape index (κ1) is 27.2. The van der Waals surface area contributed by atoms with Gasteiger partial charge in [0.05, 0.1) is 20.6 Å². The number of hydrogen-bond donors (Lipinski definition) is 0.